The fourth-order valence-electron chi connectivity index (χ4n) is 4.84. The van der Waals surface area contributed by atoms with E-state index in [-0.39, 0.29) is 11.5 Å². The van der Waals surface area contributed by atoms with Crippen LogP contribution in [-0.4, -0.2) is 11.5 Å². The van der Waals surface area contributed by atoms with E-state index < -0.39 is 7.82 Å². The van der Waals surface area contributed by atoms with Gasteiger partial charge < -0.3 is 13.8 Å². The molecule has 41 heavy (non-hydrogen) atoms. The molecular formula is C34H49NO5P+. The number of nitrogens with zero attached hydrogens (tertiary/aromatic N) is 1. The van der Waals surface area contributed by atoms with Gasteiger partial charge in [-0.1, -0.05) is 115 Å². The minimum atomic E-state index is -4.38. The van der Waals surface area contributed by atoms with E-state index in [4.69, 9.17) is 13.8 Å². The second kappa shape index (κ2) is 19.3. The van der Waals surface area contributed by atoms with Crippen LogP contribution in [0.3, 0.4) is 0 Å². The number of phosphoric ester groups is 1. The number of ether oxygens (including phenoxy) is 1. The minimum Gasteiger partial charge on any atom is -0.493 e. The highest BCUT2D eigenvalue weighted by Crippen LogP contribution is 2.45. The van der Waals surface area contributed by atoms with Crippen LogP contribution in [0.15, 0.2) is 79.1 Å². The van der Waals surface area contributed by atoms with Crippen molar-refractivity contribution >= 4 is 7.82 Å². The number of unbranched alkanes of at least 4 members (excludes halogenated alkanes) is 13. The van der Waals surface area contributed by atoms with Crippen LogP contribution in [-0.2, 0) is 11.1 Å². The van der Waals surface area contributed by atoms with Crippen LogP contribution < -0.4 is 18.4 Å². The molecule has 0 aliphatic carbocycles. The van der Waals surface area contributed by atoms with Crippen LogP contribution in [0.1, 0.15) is 102 Å². The zero-order valence-electron chi connectivity index (χ0n) is 24.8. The Morgan fingerprint density at radius 1 is 0.634 bits per heavy atom. The van der Waals surface area contributed by atoms with Gasteiger partial charge in [0.05, 0.1) is 6.61 Å². The number of phosphoric acid groups is 1. The van der Waals surface area contributed by atoms with Gasteiger partial charge >= 0.3 is 7.82 Å². The second-order valence-electron chi connectivity index (χ2n) is 10.8. The van der Waals surface area contributed by atoms with Crippen molar-refractivity contribution in [3.63, 3.8) is 0 Å². The molecule has 0 radical (unpaired) electrons. The van der Waals surface area contributed by atoms with E-state index in [9.17, 15) is 9.46 Å². The van der Waals surface area contributed by atoms with E-state index in [0.717, 1.165) is 18.4 Å². The molecule has 2 aromatic carbocycles. The van der Waals surface area contributed by atoms with E-state index in [1.807, 2.05) is 47.3 Å². The molecule has 0 aliphatic heterocycles. The monoisotopic (exact) mass is 582 g/mol. The highest BCUT2D eigenvalue weighted by molar-refractivity contribution is 7.48. The van der Waals surface area contributed by atoms with Crippen molar-refractivity contribution in [2.24, 2.45) is 0 Å². The van der Waals surface area contributed by atoms with E-state index in [1.54, 1.807) is 36.4 Å². The highest BCUT2D eigenvalue weighted by Gasteiger charge is 2.25. The van der Waals surface area contributed by atoms with Gasteiger partial charge in [-0.05, 0) is 30.7 Å². The Balaban J connectivity index is 1.29. The van der Waals surface area contributed by atoms with Crippen molar-refractivity contribution in [1.29, 1.82) is 0 Å². The van der Waals surface area contributed by atoms with E-state index >= 15 is 0 Å². The molecule has 0 spiro atoms. The average molecular weight is 583 g/mol. The standard InChI is InChI=1S/C34H48NO5P/c1-2-3-4-5-6-7-8-9-10-11-12-13-14-18-27-38-32-22-20-24-34(29-32)40-41(36,37)39-33-23-19-21-31(28-33)30-35-25-16-15-17-26-35/h15-17,19-26,28-29H,2-14,18,27,30H2,1H3/p+1. The van der Waals surface area contributed by atoms with Crippen LogP contribution >= 0.6 is 7.82 Å². The summed E-state index contributed by atoms with van der Waals surface area (Å²) < 4.78 is 31.3. The predicted octanol–water partition coefficient (Wildman–Crippen LogP) is 9.44. The van der Waals surface area contributed by atoms with E-state index in [2.05, 4.69) is 6.92 Å². The first kappa shape index (κ1) is 32.7. The molecule has 7 heteroatoms. The molecule has 0 fully saturated rings. The Morgan fingerprint density at radius 2 is 1.15 bits per heavy atom. The van der Waals surface area contributed by atoms with Crippen molar-refractivity contribution in [2.75, 3.05) is 6.61 Å². The third-order valence-electron chi connectivity index (χ3n) is 7.05. The first-order valence-corrected chi connectivity index (χ1v) is 17.0. The zero-order chi connectivity index (χ0) is 29.0. The molecule has 1 aromatic heterocycles. The topological polar surface area (TPSA) is 68.9 Å². The summed E-state index contributed by atoms with van der Waals surface area (Å²) in [6, 6.07) is 19.8. The summed E-state index contributed by atoms with van der Waals surface area (Å²) in [4.78, 5) is 10.4. The maximum absolute atomic E-state index is 12.7. The number of pyridine rings is 1. The molecule has 0 amide bonds. The number of benzene rings is 2. The van der Waals surface area contributed by atoms with Crippen molar-refractivity contribution in [1.82, 2.24) is 0 Å². The summed E-state index contributed by atoms with van der Waals surface area (Å²) in [7, 11) is -4.38. The Labute approximate surface area is 247 Å². The van der Waals surface area contributed by atoms with Crippen molar-refractivity contribution in [3.05, 3.63) is 84.7 Å². The molecule has 0 bridgehead atoms. The fraction of sp³-hybridized carbons (Fsp3) is 0.500. The van der Waals surface area contributed by atoms with Crippen molar-refractivity contribution in [3.8, 4) is 17.2 Å². The van der Waals surface area contributed by atoms with Crippen molar-refractivity contribution < 1.29 is 27.8 Å². The quantitative estimate of drug-likeness (QED) is 0.0726. The summed E-state index contributed by atoms with van der Waals surface area (Å²) in [6.07, 6.45) is 22.4. The van der Waals surface area contributed by atoms with E-state index in [0.29, 0.717) is 18.9 Å². The summed E-state index contributed by atoms with van der Waals surface area (Å²) in [5.41, 5.74) is 0.942. The third-order valence-corrected chi connectivity index (χ3v) is 7.94. The molecule has 0 saturated carbocycles. The largest absolute Gasteiger partial charge is 0.584 e. The lowest BCUT2D eigenvalue weighted by molar-refractivity contribution is -0.688. The maximum Gasteiger partial charge on any atom is 0.584 e. The van der Waals surface area contributed by atoms with Crippen LogP contribution in [0.4, 0.5) is 0 Å². The summed E-state index contributed by atoms with van der Waals surface area (Å²) in [5.74, 6) is 1.11. The van der Waals surface area contributed by atoms with Gasteiger partial charge in [-0.25, -0.2) is 9.13 Å². The van der Waals surface area contributed by atoms with Gasteiger partial charge in [0.15, 0.2) is 18.9 Å². The molecule has 0 saturated heterocycles. The van der Waals surface area contributed by atoms with Gasteiger partial charge in [-0.3, -0.25) is 4.89 Å². The first-order chi connectivity index (χ1) is 20.0. The molecule has 0 aliphatic rings. The van der Waals surface area contributed by atoms with Crippen LogP contribution in [0, 0.1) is 0 Å². The summed E-state index contributed by atoms with van der Waals surface area (Å²) in [5, 5.41) is 0. The minimum absolute atomic E-state index is 0.227. The maximum atomic E-state index is 12.7. The Morgan fingerprint density at radius 3 is 1.76 bits per heavy atom. The summed E-state index contributed by atoms with van der Waals surface area (Å²) in [6.45, 7) is 3.50. The lowest BCUT2D eigenvalue weighted by atomic mass is 10.0. The van der Waals surface area contributed by atoms with Crippen LogP contribution in [0.25, 0.3) is 0 Å². The molecule has 224 valence electrons. The van der Waals surface area contributed by atoms with Crippen LogP contribution in [0.5, 0.6) is 17.2 Å². The Kier molecular flexibility index (Phi) is 15.4. The Hall–Kier alpha value is -2.82. The van der Waals surface area contributed by atoms with Gasteiger partial charge in [-0.15, -0.1) is 0 Å². The Bertz CT molecular complexity index is 1160. The average Bonchev–Trinajstić information content (AvgIpc) is 2.95. The fourth-order valence-corrected chi connectivity index (χ4v) is 5.64. The number of hydrogen-bond donors (Lipinski definition) is 1. The van der Waals surface area contributed by atoms with Gasteiger partial charge in [-0.2, -0.15) is 0 Å². The summed E-state index contributed by atoms with van der Waals surface area (Å²) >= 11 is 0. The number of rotatable bonds is 22. The van der Waals surface area contributed by atoms with Gasteiger partial charge in [0.1, 0.15) is 17.2 Å². The third kappa shape index (κ3) is 14.6. The lowest BCUT2D eigenvalue weighted by Gasteiger charge is -2.15. The second-order valence-corrected chi connectivity index (χ2v) is 12.1. The number of aromatic nitrogens is 1. The molecule has 3 rings (SSSR count). The SMILES string of the molecule is CCCCCCCCCCCCCCCCOc1cccc(OP(=O)(O)Oc2cccc(C[n+]3ccccc3)c2)c1. The van der Waals surface area contributed by atoms with Gasteiger partial charge in [0.25, 0.3) is 0 Å². The molecular weight excluding hydrogens is 533 g/mol. The van der Waals surface area contributed by atoms with Crippen molar-refractivity contribution in [2.45, 2.75) is 103 Å². The molecule has 6 nitrogen and oxygen atoms in total. The molecule has 1 heterocycles. The zero-order valence-corrected chi connectivity index (χ0v) is 25.7. The molecule has 1 N–H and O–H groups in total. The lowest BCUT2D eigenvalue weighted by Crippen LogP contribution is -2.32. The highest BCUT2D eigenvalue weighted by atomic mass is 31.2. The molecule has 3 aromatic rings. The molecule has 1 unspecified atom stereocenters. The normalized spacial score (nSPS) is 12.5. The number of hydrogen-bond acceptors (Lipinski definition) is 4. The van der Waals surface area contributed by atoms with Crippen LogP contribution in [0.2, 0.25) is 0 Å². The van der Waals surface area contributed by atoms with Gasteiger partial charge in [0.2, 0.25) is 0 Å². The predicted molar refractivity (Wildman–Crippen MR) is 166 cm³/mol. The first-order valence-electron chi connectivity index (χ1n) is 15.5. The van der Waals surface area contributed by atoms with Gasteiger partial charge in [0, 0.05) is 23.8 Å². The molecule has 1 atom stereocenters. The smallest absolute Gasteiger partial charge is 0.493 e. The van der Waals surface area contributed by atoms with E-state index in [1.165, 1.54) is 77.0 Å².